The van der Waals surface area contributed by atoms with Crippen LogP contribution in [0.15, 0.2) is 291 Å². The third-order valence-corrected chi connectivity index (χ3v) is 27.5. The van der Waals surface area contributed by atoms with E-state index in [1.54, 1.807) is 0 Å². The first-order valence-electron chi connectivity index (χ1n) is 27.4. The monoisotopic (exact) mass is 1020 g/mol. The first-order chi connectivity index (χ1) is 38.7. The summed E-state index contributed by atoms with van der Waals surface area (Å²) < 4.78 is 5.07. The van der Waals surface area contributed by atoms with Crippen molar-refractivity contribution in [1.29, 1.82) is 0 Å². The van der Waals surface area contributed by atoms with E-state index in [1.807, 2.05) is 0 Å². The summed E-state index contributed by atoms with van der Waals surface area (Å²) in [4.78, 5) is 0. The Balaban J connectivity index is 0.971. The fourth-order valence-electron chi connectivity index (χ4n) is 14.5. The summed E-state index contributed by atoms with van der Waals surface area (Å²) in [5, 5.41) is 16.5. The molecule has 2 aliphatic heterocycles. The van der Waals surface area contributed by atoms with Crippen molar-refractivity contribution in [3.63, 3.8) is 0 Å². The number of hydrogen-bond donors (Lipinski definition) is 0. The molecule has 0 N–H and O–H groups in total. The minimum absolute atomic E-state index is 0.898. The second-order valence-electron chi connectivity index (χ2n) is 21.4. The summed E-state index contributed by atoms with van der Waals surface area (Å²) in [7, 11) is -5.75. The van der Waals surface area contributed by atoms with Gasteiger partial charge in [0, 0.05) is 32.9 Å². The van der Waals surface area contributed by atoms with Crippen LogP contribution in [0, 0.1) is 0 Å². The van der Waals surface area contributed by atoms with E-state index in [0.717, 1.165) is 24.2 Å². The van der Waals surface area contributed by atoms with Gasteiger partial charge in [-0.2, -0.15) is 0 Å². The van der Waals surface area contributed by atoms with Crippen molar-refractivity contribution in [3.05, 3.63) is 313 Å². The van der Waals surface area contributed by atoms with Crippen LogP contribution in [0.2, 0.25) is 0 Å². The maximum atomic E-state index is 2.56. The molecular formula is C74H52N2Si2. The van der Waals surface area contributed by atoms with Crippen LogP contribution in [0.3, 0.4) is 0 Å². The number of hydrogen-bond acceptors (Lipinski definition) is 0. The molecule has 0 amide bonds. The standard InChI is InChI=1S/C74H52N2Si2/c1-4-26-57(27-5-1)77(58-28-6-2-7-29-58,59-30-8-3-9-31-59)60-49-55(75-67-36-16-13-32-62(67)63-33-14-17-37-68(63)75)48-56(50-60)76-69-38-18-15-34-64(69)65-46-51(43-44-70(65)76)61-35-22-42-74-66(61)47-54-25-12-21-41-73(54)78(74)71-39-19-10-23-52(71)45-53-24-11-20-40-72(53)78/h1-44,46,48-50H,45,47H2. The zero-order valence-corrected chi connectivity index (χ0v) is 45.0. The molecule has 12 aromatic carbocycles. The van der Waals surface area contributed by atoms with Crippen LogP contribution in [0.5, 0.6) is 0 Å². The summed E-state index contributed by atoms with van der Waals surface area (Å²) in [5.41, 5.74) is 15.5. The van der Waals surface area contributed by atoms with Crippen LogP contribution in [0.25, 0.3) is 66.1 Å². The molecule has 16 rings (SSSR count). The van der Waals surface area contributed by atoms with E-state index in [4.69, 9.17) is 0 Å². The van der Waals surface area contributed by atoms with Crippen LogP contribution in [0.1, 0.15) is 22.3 Å². The zero-order chi connectivity index (χ0) is 51.4. The van der Waals surface area contributed by atoms with E-state index >= 15 is 0 Å². The van der Waals surface area contributed by atoms with Gasteiger partial charge < -0.3 is 9.13 Å². The van der Waals surface area contributed by atoms with Crippen molar-refractivity contribution in [3.8, 4) is 22.5 Å². The van der Waals surface area contributed by atoms with Gasteiger partial charge in [0.25, 0.3) is 0 Å². The van der Waals surface area contributed by atoms with Gasteiger partial charge in [0.15, 0.2) is 16.1 Å². The predicted octanol–water partition coefficient (Wildman–Crippen LogP) is 12.1. The van der Waals surface area contributed by atoms with E-state index in [9.17, 15) is 0 Å². The Labute approximate surface area is 456 Å². The highest BCUT2D eigenvalue weighted by Crippen LogP contribution is 2.39. The molecule has 1 spiro atoms. The van der Waals surface area contributed by atoms with Crippen molar-refractivity contribution in [2.24, 2.45) is 0 Å². The summed E-state index contributed by atoms with van der Waals surface area (Å²) in [6.07, 6.45) is 1.87. The molecular weight excluding hydrogens is 973 g/mol. The number of aromatic nitrogens is 2. The molecule has 2 nitrogen and oxygen atoms in total. The van der Waals surface area contributed by atoms with Gasteiger partial charge in [0.2, 0.25) is 0 Å². The number of benzene rings is 12. The second kappa shape index (κ2) is 17.6. The van der Waals surface area contributed by atoms with Crippen molar-refractivity contribution in [2.45, 2.75) is 12.8 Å². The molecule has 4 heteroatoms. The lowest BCUT2D eigenvalue weighted by atomic mass is 9.93. The SMILES string of the molecule is c1ccc([Si](c2ccccc2)(c2ccccc2)c2cc(-n3c4ccccc4c4ccccc43)cc(-n3c4ccccc4c4cc(-c5cccc6c5Cc5ccccc5[Si]65c6ccccc6Cc6ccccc65)ccc43)c2)cc1. The van der Waals surface area contributed by atoms with Gasteiger partial charge in [-0.1, -0.05) is 243 Å². The third-order valence-electron chi connectivity index (χ3n) is 17.6. The molecule has 0 atom stereocenters. The van der Waals surface area contributed by atoms with Crippen molar-refractivity contribution < 1.29 is 0 Å². The summed E-state index contributed by atoms with van der Waals surface area (Å²) in [5.74, 6) is 0. The lowest BCUT2D eigenvalue weighted by Crippen LogP contribution is -2.79. The second-order valence-corrected chi connectivity index (χ2v) is 28.9. The van der Waals surface area contributed by atoms with Gasteiger partial charge in [-0.3, -0.25) is 0 Å². The highest BCUT2D eigenvalue weighted by Gasteiger charge is 2.50. The van der Waals surface area contributed by atoms with Crippen LogP contribution in [0.4, 0.5) is 0 Å². The van der Waals surface area contributed by atoms with Crippen LogP contribution >= 0.6 is 0 Å². The Morgan fingerprint density at radius 2 is 0.679 bits per heavy atom. The fourth-order valence-corrected chi connectivity index (χ4v) is 25.1. The number of rotatable bonds is 7. The predicted molar refractivity (Wildman–Crippen MR) is 333 cm³/mol. The van der Waals surface area contributed by atoms with Crippen molar-refractivity contribution in [1.82, 2.24) is 9.13 Å². The molecule has 2 aromatic heterocycles. The fraction of sp³-hybridized carbons (Fsp3) is 0.0270. The summed E-state index contributed by atoms with van der Waals surface area (Å²) >= 11 is 0. The van der Waals surface area contributed by atoms with E-state index in [2.05, 4.69) is 300 Å². The molecule has 4 heterocycles. The lowest BCUT2D eigenvalue weighted by Gasteiger charge is -2.45. The number of nitrogens with zero attached hydrogens (tertiary/aromatic N) is 2. The first-order valence-corrected chi connectivity index (χ1v) is 31.4. The topological polar surface area (TPSA) is 9.86 Å². The van der Waals surface area contributed by atoms with Gasteiger partial charge in [-0.15, -0.1) is 0 Å². The van der Waals surface area contributed by atoms with Gasteiger partial charge in [0.1, 0.15) is 0 Å². The molecule has 0 bridgehead atoms. The maximum absolute atomic E-state index is 3.03. The van der Waals surface area contributed by atoms with Crippen LogP contribution < -0.4 is 41.5 Å². The van der Waals surface area contributed by atoms with Crippen LogP contribution in [-0.2, 0) is 12.8 Å². The molecule has 0 saturated heterocycles. The number of fused-ring (bicyclic) bond motifs is 14. The molecule has 0 radical (unpaired) electrons. The van der Waals surface area contributed by atoms with E-state index in [0.29, 0.717) is 0 Å². The molecule has 78 heavy (non-hydrogen) atoms. The average molecular weight is 1030 g/mol. The normalized spacial score (nSPS) is 13.4. The molecule has 0 fully saturated rings. The van der Waals surface area contributed by atoms with Crippen LogP contribution in [-0.4, -0.2) is 25.3 Å². The van der Waals surface area contributed by atoms with Gasteiger partial charge in [-0.05, 0) is 136 Å². The van der Waals surface area contributed by atoms with Crippen molar-refractivity contribution >= 4 is 101 Å². The Hall–Kier alpha value is -9.33. The zero-order valence-electron chi connectivity index (χ0n) is 43.0. The van der Waals surface area contributed by atoms with Gasteiger partial charge in [-0.25, -0.2) is 0 Å². The highest BCUT2D eigenvalue weighted by molar-refractivity contribution is 7.21. The van der Waals surface area contributed by atoms with E-state index in [-0.39, 0.29) is 0 Å². The van der Waals surface area contributed by atoms with Gasteiger partial charge in [0.05, 0.1) is 22.1 Å². The molecule has 0 aliphatic carbocycles. The molecule has 0 saturated carbocycles. The molecule has 366 valence electrons. The smallest absolute Gasteiger partial charge is 0.180 e. The van der Waals surface area contributed by atoms with E-state index < -0.39 is 16.1 Å². The minimum atomic E-state index is -3.03. The quantitative estimate of drug-likeness (QED) is 0.111. The van der Waals surface area contributed by atoms with Gasteiger partial charge >= 0.3 is 0 Å². The summed E-state index contributed by atoms with van der Waals surface area (Å²) in [6, 6.07) is 111. The minimum Gasteiger partial charge on any atom is -0.309 e. The Bertz CT molecular complexity index is 4470. The Morgan fingerprint density at radius 1 is 0.282 bits per heavy atom. The summed E-state index contributed by atoms with van der Waals surface area (Å²) in [6.45, 7) is 0. The van der Waals surface area contributed by atoms with Crippen molar-refractivity contribution in [2.75, 3.05) is 0 Å². The average Bonchev–Trinajstić information content (AvgIpc) is 3.74. The lowest BCUT2D eigenvalue weighted by molar-refractivity contribution is 1.14. The Kier molecular flexibility index (Phi) is 10.1. The first kappa shape index (κ1) is 44.9. The maximum Gasteiger partial charge on any atom is 0.180 e. The molecule has 0 unspecified atom stereocenters. The third kappa shape index (κ3) is 6.42. The molecule has 14 aromatic rings. The molecule has 2 aliphatic rings. The number of para-hydroxylation sites is 3. The highest BCUT2D eigenvalue weighted by atomic mass is 28.3. The Morgan fingerprint density at radius 3 is 1.18 bits per heavy atom. The van der Waals surface area contributed by atoms with E-state index in [1.165, 1.54) is 118 Å². The largest absolute Gasteiger partial charge is 0.309 e.